The van der Waals surface area contributed by atoms with Gasteiger partial charge in [0.1, 0.15) is 24.0 Å². The van der Waals surface area contributed by atoms with E-state index in [1.807, 2.05) is 30.3 Å². The van der Waals surface area contributed by atoms with Crippen LogP contribution in [0.15, 0.2) is 48.0 Å². The van der Waals surface area contributed by atoms with Crippen LogP contribution in [0.2, 0.25) is 0 Å². The Hall–Kier alpha value is -3.50. The van der Waals surface area contributed by atoms with Crippen LogP contribution in [0.25, 0.3) is 6.08 Å². The van der Waals surface area contributed by atoms with Crippen molar-refractivity contribution >= 4 is 12.0 Å². The summed E-state index contributed by atoms with van der Waals surface area (Å²) in [6, 6.07) is 14.8. The Morgan fingerprint density at radius 2 is 2.00 bits per heavy atom. The van der Waals surface area contributed by atoms with Crippen molar-refractivity contribution in [3.63, 3.8) is 0 Å². The Morgan fingerprint density at radius 3 is 2.65 bits per heavy atom. The molecule has 162 valence electrons. The van der Waals surface area contributed by atoms with Gasteiger partial charge in [-0.25, -0.2) is 0 Å². The average molecular weight is 422 g/mol. The normalized spacial score (nSPS) is 15.8. The number of benzene rings is 2. The molecule has 1 aliphatic rings. The van der Waals surface area contributed by atoms with Gasteiger partial charge >= 0.3 is 0 Å². The van der Waals surface area contributed by atoms with Gasteiger partial charge in [-0.1, -0.05) is 18.2 Å². The number of carbonyl (C=O) groups is 1. The highest BCUT2D eigenvalue weighted by Gasteiger charge is 2.17. The molecule has 1 amide bonds. The molecule has 1 fully saturated rings. The first kappa shape index (κ1) is 22.2. The van der Waals surface area contributed by atoms with Crippen LogP contribution < -0.4 is 19.5 Å². The number of nitriles is 1. The van der Waals surface area contributed by atoms with Crippen LogP contribution in [-0.2, 0) is 16.1 Å². The molecule has 0 bridgehead atoms. The fraction of sp³-hybridized carbons (Fsp3) is 0.333. The number of carbonyl (C=O) groups excluding carboxylic acids is 1. The summed E-state index contributed by atoms with van der Waals surface area (Å²) in [6.07, 6.45) is 3.46. The first-order valence-corrected chi connectivity index (χ1v) is 10.1. The van der Waals surface area contributed by atoms with Crippen LogP contribution in [0, 0.1) is 11.3 Å². The smallest absolute Gasteiger partial charge is 0.262 e. The van der Waals surface area contributed by atoms with Crippen molar-refractivity contribution in [1.29, 1.82) is 5.26 Å². The monoisotopic (exact) mass is 422 g/mol. The van der Waals surface area contributed by atoms with Gasteiger partial charge in [0.2, 0.25) is 0 Å². The third-order valence-electron chi connectivity index (χ3n) is 4.93. The predicted octanol–water partition coefficient (Wildman–Crippen LogP) is 3.48. The number of rotatable bonds is 9. The molecule has 1 aliphatic heterocycles. The van der Waals surface area contributed by atoms with Gasteiger partial charge in [-0.05, 0) is 54.3 Å². The molecule has 7 nitrogen and oxygen atoms in total. The second-order valence-corrected chi connectivity index (χ2v) is 7.06. The summed E-state index contributed by atoms with van der Waals surface area (Å²) in [7, 11) is 3.17. The van der Waals surface area contributed by atoms with E-state index in [9.17, 15) is 10.1 Å². The van der Waals surface area contributed by atoms with E-state index in [4.69, 9.17) is 18.9 Å². The zero-order chi connectivity index (χ0) is 22.1. The van der Waals surface area contributed by atoms with E-state index in [2.05, 4.69) is 5.32 Å². The highest BCUT2D eigenvalue weighted by molar-refractivity contribution is 6.01. The van der Waals surface area contributed by atoms with Crippen LogP contribution >= 0.6 is 0 Å². The molecule has 7 heteroatoms. The summed E-state index contributed by atoms with van der Waals surface area (Å²) in [6.45, 7) is 1.48. The van der Waals surface area contributed by atoms with Crippen molar-refractivity contribution < 1.29 is 23.7 Å². The molecule has 0 spiro atoms. The number of nitrogens with one attached hydrogen (secondary N) is 1. The van der Waals surface area contributed by atoms with Crippen molar-refractivity contribution in [2.75, 3.05) is 27.4 Å². The number of ether oxygens (including phenoxy) is 4. The summed E-state index contributed by atoms with van der Waals surface area (Å²) in [5.41, 5.74) is 1.67. The number of methoxy groups -OCH3 is 2. The molecule has 0 saturated carbocycles. The number of nitrogens with zero attached hydrogens (tertiary/aromatic N) is 1. The van der Waals surface area contributed by atoms with Gasteiger partial charge in [-0.15, -0.1) is 0 Å². The summed E-state index contributed by atoms with van der Waals surface area (Å²) in [5.74, 6) is 1.44. The molecule has 2 aromatic rings. The third-order valence-corrected chi connectivity index (χ3v) is 4.93. The van der Waals surface area contributed by atoms with Gasteiger partial charge in [0.05, 0.1) is 20.3 Å². The molecule has 1 atom stereocenters. The first-order chi connectivity index (χ1) is 15.1. The SMILES string of the molecule is COc1ccc(COc2ccc(/C=C(\C#N)C(=O)NC[C@H]3CCCO3)cc2OC)cc1. The molecular weight excluding hydrogens is 396 g/mol. The fourth-order valence-electron chi connectivity index (χ4n) is 3.20. The zero-order valence-electron chi connectivity index (χ0n) is 17.7. The highest BCUT2D eigenvalue weighted by atomic mass is 16.5. The van der Waals surface area contributed by atoms with Gasteiger partial charge in [0, 0.05) is 13.2 Å². The van der Waals surface area contributed by atoms with Crippen molar-refractivity contribution in [3.8, 4) is 23.3 Å². The second kappa shape index (κ2) is 11.0. The lowest BCUT2D eigenvalue weighted by molar-refractivity contribution is -0.117. The number of hydrogen-bond donors (Lipinski definition) is 1. The van der Waals surface area contributed by atoms with E-state index in [0.717, 1.165) is 24.2 Å². The number of hydrogen-bond acceptors (Lipinski definition) is 6. The highest BCUT2D eigenvalue weighted by Crippen LogP contribution is 2.30. The summed E-state index contributed by atoms with van der Waals surface area (Å²) >= 11 is 0. The second-order valence-electron chi connectivity index (χ2n) is 7.06. The van der Waals surface area contributed by atoms with E-state index in [1.165, 1.54) is 6.08 Å². The van der Waals surface area contributed by atoms with Gasteiger partial charge in [0.25, 0.3) is 5.91 Å². The largest absolute Gasteiger partial charge is 0.497 e. The summed E-state index contributed by atoms with van der Waals surface area (Å²) in [4.78, 5) is 12.3. The maximum Gasteiger partial charge on any atom is 0.262 e. The molecule has 2 aromatic carbocycles. The lowest BCUT2D eigenvalue weighted by Crippen LogP contribution is -2.32. The van der Waals surface area contributed by atoms with Crippen molar-refractivity contribution in [3.05, 3.63) is 59.2 Å². The Kier molecular flexibility index (Phi) is 7.91. The van der Waals surface area contributed by atoms with Crippen molar-refractivity contribution in [2.24, 2.45) is 0 Å². The van der Waals surface area contributed by atoms with E-state index < -0.39 is 5.91 Å². The van der Waals surface area contributed by atoms with Gasteiger partial charge < -0.3 is 24.3 Å². The minimum atomic E-state index is -0.420. The minimum absolute atomic E-state index is 0.0196. The van der Waals surface area contributed by atoms with Crippen molar-refractivity contribution in [2.45, 2.75) is 25.6 Å². The van der Waals surface area contributed by atoms with Gasteiger partial charge in [-0.3, -0.25) is 4.79 Å². The number of amides is 1. The van der Waals surface area contributed by atoms with E-state index >= 15 is 0 Å². The molecular formula is C24H26N2O5. The molecule has 0 unspecified atom stereocenters. The first-order valence-electron chi connectivity index (χ1n) is 10.1. The Morgan fingerprint density at radius 1 is 1.19 bits per heavy atom. The maximum absolute atomic E-state index is 12.3. The Bertz CT molecular complexity index is 957. The van der Waals surface area contributed by atoms with E-state index in [1.54, 1.807) is 32.4 Å². The lowest BCUT2D eigenvalue weighted by atomic mass is 10.1. The van der Waals surface area contributed by atoms with E-state index in [-0.39, 0.29) is 11.7 Å². The molecule has 1 N–H and O–H groups in total. The molecule has 0 aliphatic carbocycles. The molecule has 3 rings (SSSR count). The molecule has 0 radical (unpaired) electrons. The van der Waals surface area contributed by atoms with Crippen LogP contribution in [0.3, 0.4) is 0 Å². The van der Waals surface area contributed by atoms with Gasteiger partial charge in [-0.2, -0.15) is 5.26 Å². The third kappa shape index (κ3) is 6.24. The quantitative estimate of drug-likeness (QED) is 0.492. The topological polar surface area (TPSA) is 89.8 Å². The summed E-state index contributed by atoms with van der Waals surface area (Å²) < 4.78 is 21.9. The Balaban J connectivity index is 1.65. The Labute approximate surface area is 182 Å². The predicted molar refractivity (Wildman–Crippen MR) is 116 cm³/mol. The van der Waals surface area contributed by atoms with Crippen LogP contribution in [0.1, 0.15) is 24.0 Å². The van der Waals surface area contributed by atoms with Crippen LogP contribution in [-0.4, -0.2) is 39.4 Å². The zero-order valence-corrected chi connectivity index (χ0v) is 17.7. The van der Waals surface area contributed by atoms with Gasteiger partial charge in [0.15, 0.2) is 11.5 Å². The molecule has 1 heterocycles. The molecule has 31 heavy (non-hydrogen) atoms. The summed E-state index contributed by atoms with van der Waals surface area (Å²) in [5, 5.41) is 12.2. The van der Waals surface area contributed by atoms with Crippen molar-refractivity contribution in [1.82, 2.24) is 5.32 Å². The fourth-order valence-corrected chi connectivity index (χ4v) is 3.20. The van der Waals surface area contributed by atoms with Crippen LogP contribution in [0.5, 0.6) is 17.2 Å². The van der Waals surface area contributed by atoms with Crippen LogP contribution in [0.4, 0.5) is 0 Å². The standard InChI is InChI=1S/C24H26N2O5/c1-28-20-8-5-17(6-9-20)16-31-22-10-7-18(13-23(22)29-2)12-19(14-25)24(27)26-15-21-4-3-11-30-21/h5-10,12-13,21H,3-4,11,15-16H2,1-2H3,(H,26,27)/b19-12+/t21-/m1/s1. The average Bonchev–Trinajstić information content (AvgIpc) is 3.34. The molecule has 0 aromatic heterocycles. The molecule has 1 saturated heterocycles. The van der Waals surface area contributed by atoms with E-state index in [0.29, 0.717) is 36.8 Å². The lowest BCUT2D eigenvalue weighted by Gasteiger charge is -2.12. The minimum Gasteiger partial charge on any atom is -0.497 e. The maximum atomic E-state index is 12.3.